The molecule has 5 nitrogen and oxygen atoms in total. The number of nitrogens with two attached hydrogens (primary N) is 1. The standard InChI is InChI=1S/C11H19N3O2S/c1-8(10-4-3-7-17-10)13-5-6-16-9(2)11(12)14-15/h3-4,7-9,13,15H,5-6H2,1-2H3,(H2,12,14)/t8-,9?/m1/s1. The normalized spacial score (nSPS) is 15.8. The second kappa shape index (κ2) is 7.26. The molecule has 0 bridgehead atoms. The zero-order valence-corrected chi connectivity index (χ0v) is 10.9. The first-order chi connectivity index (χ1) is 8.15. The highest BCUT2D eigenvalue weighted by atomic mass is 32.1. The molecule has 6 heteroatoms. The van der Waals surface area contributed by atoms with Crippen molar-refractivity contribution < 1.29 is 9.94 Å². The molecule has 96 valence electrons. The smallest absolute Gasteiger partial charge is 0.168 e. The Labute approximate surface area is 105 Å². The third kappa shape index (κ3) is 4.72. The van der Waals surface area contributed by atoms with E-state index in [1.165, 1.54) is 4.88 Å². The van der Waals surface area contributed by atoms with Crippen molar-refractivity contribution in [3.8, 4) is 0 Å². The van der Waals surface area contributed by atoms with Crippen LogP contribution in [0.15, 0.2) is 22.7 Å². The van der Waals surface area contributed by atoms with Gasteiger partial charge in [0, 0.05) is 17.5 Å². The second-order valence-electron chi connectivity index (χ2n) is 3.73. The van der Waals surface area contributed by atoms with E-state index in [-0.39, 0.29) is 11.9 Å². The summed E-state index contributed by atoms with van der Waals surface area (Å²) < 4.78 is 5.39. The fourth-order valence-corrected chi connectivity index (χ4v) is 2.07. The minimum atomic E-state index is -0.362. The minimum Gasteiger partial charge on any atom is -0.409 e. The van der Waals surface area contributed by atoms with Gasteiger partial charge in [0.2, 0.25) is 0 Å². The third-order valence-corrected chi connectivity index (χ3v) is 3.48. The van der Waals surface area contributed by atoms with Gasteiger partial charge in [-0.15, -0.1) is 11.3 Å². The molecule has 0 spiro atoms. The summed E-state index contributed by atoms with van der Waals surface area (Å²) in [6, 6.07) is 4.45. The van der Waals surface area contributed by atoms with Gasteiger partial charge in [-0.3, -0.25) is 0 Å². The van der Waals surface area contributed by atoms with Crippen molar-refractivity contribution in [3.63, 3.8) is 0 Å². The summed E-state index contributed by atoms with van der Waals surface area (Å²) in [6.07, 6.45) is -0.362. The van der Waals surface area contributed by atoms with Gasteiger partial charge in [-0.1, -0.05) is 11.2 Å². The summed E-state index contributed by atoms with van der Waals surface area (Å²) in [5, 5.41) is 16.7. The van der Waals surface area contributed by atoms with Gasteiger partial charge in [0.1, 0.15) is 6.10 Å². The lowest BCUT2D eigenvalue weighted by molar-refractivity contribution is 0.106. The number of rotatable bonds is 7. The lowest BCUT2D eigenvalue weighted by atomic mass is 10.3. The van der Waals surface area contributed by atoms with E-state index >= 15 is 0 Å². The molecule has 0 saturated carbocycles. The predicted octanol–water partition coefficient (Wildman–Crippen LogP) is 1.55. The van der Waals surface area contributed by atoms with Gasteiger partial charge >= 0.3 is 0 Å². The van der Waals surface area contributed by atoms with Crippen molar-refractivity contribution in [2.24, 2.45) is 10.9 Å². The number of nitrogens with one attached hydrogen (secondary N) is 1. The van der Waals surface area contributed by atoms with Crippen LogP contribution in [0.4, 0.5) is 0 Å². The molecule has 0 saturated heterocycles. The van der Waals surface area contributed by atoms with E-state index in [2.05, 4.69) is 28.8 Å². The Balaban J connectivity index is 2.16. The number of ether oxygens (including phenoxy) is 1. The van der Waals surface area contributed by atoms with Crippen LogP contribution in [0.2, 0.25) is 0 Å². The first-order valence-electron chi connectivity index (χ1n) is 5.51. The Kier molecular flexibility index (Phi) is 5.96. The van der Waals surface area contributed by atoms with Crippen molar-refractivity contribution in [1.29, 1.82) is 0 Å². The Hall–Kier alpha value is -1.11. The second-order valence-corrected chi connectivity index (χ2v) is 4.71. The van der Waals surface area contributed by atoms with Crippen LogP contribution in [-0.4, -0.2) is 30.3 Å². The summed E-state index contributed by atoms with van der Waals surface area (Å²) in [5.41, 5.74) is 5.39. The molecule has 17 heavy (non-hydrogen) atoms. The molecule has 0 aromatic carbocycles. The SMILES string of the molecule is CC(OCCN[C@H](C)c1cccs1)/C(N)=N/O. The average Bonchev–Trinajstić information content (AvgIpc) is 2.86. The first kappa shape index (κ1) is 14.0. The Morgan fingerprint density at radius 1 is 1.65 bits per heavy atom. The van der Waals surface area contributed by atoms with Gasteiger partial charge in [-0.25, -0.2) is 0 Å². The van der Waals surface area contributed by atoms with E-state index in [1.54, 1.807) is 18.3 Å². The molecule has 2 atom stereocenters. The highest BCUT2D eigenvalue weighted by molar-refractivity contribution is 7.10. The minimum absolute atomic E-state index is 0.0938. The summed E-state index contributed by atoms with van der Waals surface area (Å²) in [6.45, 7) is 5.10. The molecule has 1 unspecified atom stereocenters. The Morgan fingerprint density at radius 3 is 3.00 bits per heavy atom. The van der Waals surface area contributed by atoms with Crippen molar-refractivity contribution in [1.82, 2.24) is 5.32 Å². The zero-order chi connectivity index (χ0) is 12.7. The summed E-state index contributed by atoms with van der Waals surface area (Å²) in [4.78, 5) is 1.30. The van der Waals surface area contributed by atoms with Crippen LogP contribution >= 0.6 is 11.3 Å². The zero-order valence-electron chi connectivity index (χ0n) is 10.1. The van der Waals surface area contributed by atoms with Crippen LogP contribution in [0.1, 0.15) is 24.8 Å². The Morgan fingerprint density at radius 2 is 2.41 bits per heavy atom. The van der Waals surface area contributed by atoms with E-state index in [4.69, 9.17) is 15.7 Å². The molecule has 0 aliphatic heterocycles. The van der Waals surface area contributed by atoms with Crippen LogP contribution in [0.5, 0.6) is 0 Å². The molecule has 1 aromatic heterocycles. The van der Waals surface area contributed by atoms with Crippen LogP contribution in [0.25, 0.3) is 0 Å². The number of hydrogen-bond donors (Lipinski definition) is 3. The fourth-order valence-electron chi connectivity index (χ4n) is 1.32. The molecular formula is C11H19N3O2S. The molecule has 1 aromatic rings. The quantitative estimate of drug-likeness (QED) is 0.228. The lowest BCUT2D eigenvalue weighted by Gasteiger charge is -2.14. The van der Waals surface area contributed by atoms with E-state index in [9.17, 15) is 0 Å². The van der Waals surface area contributed by atoms with E-state index in [0.29, 0.717) is 12.6 Å². The predicted molar refractivity (Wildman–Crippen MR) is 69.6 cm³/mol. The lowest BCUT2D eigenvalue weighted by Crippen LogP contribution is -2.31. The van der Waals surface area contributed by atoms with Crippen LogP contribution in [0, 0.1) is 0 Å². The number of oxime groups is 1. The average molecular weight is 257 g/mol. The summed E-state index contributed by atoms with van der Waals surface area (Å²) in [7, 11) is 0. The van der Waals surface area contributed by atoms with Crippen molar-refractivity contribution in [2.45, 2.75) is 26.0 Å². The van der Waals surface area contributed by atoms with Crippen LogP contribution < -0.4 is 11.1 Å². The molecule has 0 amide bonds. The van der Waals surface area contributed by atoms with Crippen molar-refractivity contribution >= 4 is 17.2 Å². The van der Waals surface area contributed by atoms with Gasteiger partial charge in [0.15, 0.2) is 5.84 Å². The number of thiophene rings is 1. The molecule has 0 fully saturated rings. The first-order valence-corrected chi connectivity index (χ1v) is 6.39. The maximum atomic E-state index is 8.44. The number of hydrogen-bond acceptors (Lipinski definition) is 5. The monoisotopic (exact) mass is 257 g/mol. The van der Waals surface area contributed by atoms with Crippen LogP contribution in [-0.2, 0) is 4.74 Å². The third-order valence-electron chi connectivity index (χ3n) is 2.42. The number of amidine groups is 1. The van der Waals surface area contributed by atoms with E-state index < -0.39 is 0 Å². The largest absolute Gasteiger partial charge is 0.409 e. The topological polar surface area (TPSA) is 79.9 Å². The molecule has 4 N–H and O–H groups in total. The van der Waals surface area contributed by atoms with Gasteiger partial charge in [0.25, 0.3) is 0 Å². The van der Waals surface area contributed by atoms with Gasteiger partial charge in [-0.2, -0.15) is 0 Å². The summed E-state index contributed by atoms with van der Waals surface area (Å²) >= 11 is 1.73. The molecule has 0 aliphatic carbocycles. The molecule has 0 radical (unpaired) electrons. The van der Waals surface area contributed by atoms with E-state index in [0.717, 1.165) is 6.54 Å². The summed E-state index contributed by atoms with van der Waals surface area (Å²) in [5.74, 6) is 0.0938. The highest BCUT2D eigenvalue weighted by Crippen LogP contribution is 2.17. The Bertz CT molecular complexity index is 340. The highest BCUT2D eigenvalue weighted by Gasteiger charge is 2.08. The van der Waals surface area contributed by atoms with Crippen molar-refractivity contribution in [2.75, 3.05) is 13.2 Å². The van der Waals surface area contributed by atoms with E-state index in [1.807, 2.05) is 6.07 Å². The molecule has 1 rings (SSSR count). The maximum absolute atomic E-state index is 8.44. The van der Waals surface area contributed by atoms with Crippen molar-refractivity contribution in [3.05, 3.63) is 22.4 Å². The van der Waals surface area contributed by atoms with Gasteiger partial charge in [0.05, 0.1) is 6.61 Å². The molecule has 0 aliphatic rings. The molecule has 1 heterocycles. The molecular weight excluding hydrogens is 238 g/mol. The maximum Gasteiger partial charge on any atom is 0.168 e. The van der Waals surface area contributed by atoms with Gasteiger partial charge in [-0.05, 0) is 25.3 Å². The van der Waals surface area contributed by atoms with Crippen LogP contribution in [0.3, 0.4) is 0 Å². The fraction of sp³-hybridized carbons (Fsp3) is 0.545. The number of nitrogens with zero attached hydrogens (tertiary/aromatic N) is 1. The van der Waals surface area contributed by atoms with Gasteiger partial charge < -0.3 is 21.0 Å².